The highest BCUT2D eigenvalue weighted by Crippen LogP contribution is 2.32. The number of piperidine rings is 1. The predicted molar refractivity (Wildman–Crippen MR) is 90.8 cm³/mol. The normalized spacial score (nSPS) is 27.4. The Kier molecular flexibility index (Phi) is 4.81. The van der Waals surface area contributed by atoms with Gasteiger partial charge < -0.3 is 5.11 Å². The van der Waals surface area contributed by atoms with E-state index in [1.54, 1.807) is 13.0 Å². The number of rotatable bonds is 3. The maximum atomic E-state index is 13.1. The van der Waals surface area contributed by atoms with E-state index in [4.69, 9.17) is 0 Å². The van der Waals surface area contributed by atoms with Crippen molar-refractivity contribution in [3.05, 3.63) is 29.3 Å². The van der Waals surface area contributed by atoms with Gasteiger partial charge in [-0.3, -0.25) is 0 Å². The Morgan fingerprint density at radius 1 is 1.22 bits per heavy atom. The predicted octanol–water partition coefficient (Wildman–Crippen LogP) is 2.74. The molecule has 0 aromatic heterocycles. The fourth-order valence-corrected chi connectivity index (χ4v) is 5.67. The summed E-state index contributed by atoms with van der Waals surface area (Å²) in [5.74, 6) is 0.449. The molecule has 1 fully saturated rings. The third-order valence-corrected chi connectivity index (χ3v) is 7.26. The molecule has 0 unspecified atom stereocenters. The molecule has 0 saturated carbocycles. The summed E-state index contributed by atoms with van der Waals surface area (Å²) in [6.07, 6.45) is 5.27. The largest absolute Gasteiger partial charge is 0.392 e. The lowest BCUT2D eigenvalue weighted by molar-refractivity contribution is 0.0676. The number of benzene rings is 1. The van der Waals surface area contributed by atoms with Crippen molar-refractivity contribution in [3.8, 4) is 0 Å². The molecule has 0 amide bonds. The molecule has 0 radical (unpaired) electrons. The second-order valence-electron chi connectivity index (χ2n) is 7.19. The van der Waals surface area contributed by atoms with E-state index in [0.717, 1.165) is 32.1 Å². The molecule has 1 aliphatic heterocycles. The van der Waals surface area contributed by atoms with E-state index in [9.17, 15) is 13.5 Å². The van der Waals surface area contributed by atoms with Crippen LogP contribution in [0.3, 0.4) is 0 Å². The first-order valence-corrected chi connectivity index (χ1v) is 10.2. The Bertz CT molecular complexity index is 669. The van der Waals surface area contributed by atoms with Crippen molar-refractivity contribution in [3.63, 3.8) is 0 Å². The van der Waals surface area contributed by atoms with Crippen LogP contribution in [0.1, 0.15) is 50.7 Å². The van der Waals surface area contributed by atoms with Gasteiger partial charge in [0.2, 0.25) is 10.0 Å². The molecule has 1 N–H and O–H groups in total. The van der Waals surface area contributed by atoms with Gasteiger partial charge in [0, 0.05) is 6.54 Å². The summed E-state index contributed by atoms with van der Waals surface area (Å²) < 4.78 is 27.7. The summed E-state index contributed by atoms with van der Waals surface area (Å²) in [5, 5.41) is 10.1. The second-order valence-corrected chi connectivity index (χ2v) is 9.08. The molecule has 1 aliphatic carbocycles. The fraction of sp³-hybridized carbons (Fsp3) is 0.667. The highest BCUT2D eigenvalue weighted by atomic mass is 32.2. The van der Waals surface area contributed by atoms with Crippen LogP contribution in [0.15, 0.2) is 23.1 Å². The lowest BCUT2D eigenvalue weighted by Gasteiger charge is -2.39. The first-order chi connectivity index (χ1) is 10.9. The standard InChI is InChI=1S/C18H27NO3S/c1-13-9-10-19(18(11-13)14(2)20)23(21,22)17-8-7-15-5-3-4-6-16(15)12-17/h7-8,12-14,18,20H,3-6,9-11H2,1-2H3/t13-,14+,18+/m1/s1. The molecule has 1 heterocycles. The number of hydrogen-bond donors (Lipinski definition) is 1. The Balaban J connectivity index is 1.94. The highest BCUT2D eigenvalue weighted by Gasteiger charge is 2.38. The van der Waals surface area contributed by atoms with Crippen molar-refractivity contribution in [1.29, 1.82) is 0 Å². The molecule has 4 nitrogen and oxygen atoms in total. The molecule has 0 bridgehead atoms. The molecule has 1 aromatic carbocycles. The Morgan fingerprint density at radius 2 is 1.91 bits per heavy atom. The Hall–Kier alpha value is -0.910. The number of fused-ring (bicyclic) bond motifs is 1. The zero-order valence-electron chi connectivity index (χ0n) is 14.0. The monoisotopic (exact) mass is 337 g/mol. The lowest BCUT2D eigenvalue weighted by atomic mass is 9.92. The molecule has 3 rings (SSSR count). The highest BCUT2D eigenvalue weighted by molar-refractivity contribution is 7.89. The Morgan fingerprint density at radius 3 is 2.61 bits per heavy atom. The van der Waals surface area contributed by atoms with Crippen LogP contribution in [-0.4, -0.2) is 36.5 Å². The molecule has 1 aromatic rings. The number of aliphatic hydroxyl groups is 1. The molecule has 5 heteroatoms. The minimum absolute atomic E-state index is 0.320. The summed E-state index contributed by atoms with van der Waals surface area (Å²) in [5.41, 5.74) is 2.46. The zero-order valence-corrected chi connectivity index (χ0v) is 14.8. The summed E-state index contributed by atoms with van der Waals surface area (Å²) >= 11 is 0. The van der Waals surface area contributed by atoms with Crippen molar-refractivity contribution in [1.82, 2.24) is 4.31 Å². The van der Waals surface area contributed by atoms with Crippen LogP contribution in [0.4, 0.5) is 0 Å². The molecule has 1 saturated heterocycles. The summed E-state index contributed by atoms with van der Waals surface area (Å²) in [4.78, 5) is 0.387. The molecule has 0 spiro atoms. The second kappa shape index (κ2) is 6.54. The maximum absolute atomic E-state index is 13.1. The molecular weight excluding hydrogens is 310 g/mol. The van der Waals surface area contributed by atoms with Gasteiger partial charge in [0.15, 0.2) is 0 Å². The van der Waals surface area contributed by atoms with Crippen LogP contribution < -0.4 is 0 Å². The topological polar surface area (TPSA) is 57.6 Å². The van der Waals surface area contributed by atoms with Crippen LogP contribution in [0, 0.1) is 5.92 Å². The third kappa shape index (κ3) is 3.32. The zero-order chi connectivity index (χ0) is 16.6. The molecule has 2 aliphatic rings. The summed E-state index contributed by atoms with van der Waals surface area (Å²) in [6, 6.07) is 5.27. The lowest BCUT2D eigenvalue weighted by Crippen LogP contribution is -2.50. The third-order valence-electron chi connectivity index (χ3n) is 5.34. The van der Waals surface area contributed by atoms with Gasteiger partial charge in [-0.05, 0) is 74.6 Å². The maximum Gasteiger partial charge on any atom is 0.243 e. The number of hydrogen-bond acceptors (Lipinski definition) is 3. The van der Waals surface area contributed by atoms with Gasteiger partial charge in [0.25, 0.3) is 0 Å². The number of aryl methyl sites for hydroxylation is 2. The number of aliphatic hydroxyl groups excluding tert-OH is 1. The van der Waals surface area contributed by atoms with Gasteiger partial charge in [-0.1, -0.05) is 13.0 Å². The summed E-state index contributed by atoms with van der Waals surface area (Å²) in [7, 11) is -3.54. The molecule has 128 valence electrons. The SMILES string of the molecule is C[C@@H]1CCN(S(=O)(=O)c2ccc3c(c2)CCCC3)[C@H]([C@H](C)O)C1. The fourth-order valence-electron chi connectivity index (χ4n) is 3.90. The van der Waals surface area contributed by atoms with E-state index >= 15 is 0 Å². The summed E-state index contributed by atoms with van der Waals surface area (Å²) in [6.45, 7) is 4.31. The van der Waals surface area contributed by atoms with E-state index in [-0.39, 0.29) is 6.04 Å². The smallest absolute Gasteiger partial charge is 0.243 e. The minimum Gasteiger partial charge on any atom is -0.392 e. The van der Waals surface area contributed by atoms with Crippen molar-refractivity contribution >= 4 is 10.0 Å². The van der Waals surface area contributed by atoms with Gasteiger partial charge in [0.05, 0.1) is 17.0 Å². The van der Waals surface area contributed by atoms with E-state index in [2.05, 4.69) is 6.92 Å². The van der Waals surface area contributed by atoms with Gasteiger partial charge in [-0.2, -0.15) is 4.31 Å². The molecule has 3 atom stereocenters. The van der Waals surface area contributed by atoms with Crippen LogP contribution in [0.25, 0.3) is 0 Å². The average molecular weight is 337 g/mol. The number of sulfonamides is 1. The van der Waals surface area contributed by atoms with E-state index in [1.165, 1.54) is 21.9 Å². The first kappa shape index (κ1) is 16.9. The van der Waals surface area contributed by atoms with E-state index < -0.39 is 16.1 Å². The first-order valence-electron chi connectivity index (χ1n) is 8.71. The van der Waals surface area contributed by atoms with Crippen LogP contribution in [0.2, 0.25) is 0 Å². The van der Waals surface area contributed by atoms with Crippen LogP contribution in [0.5, 0.6) is 0 Å². The molecule has 23 heavy (non-hydrogen) atoms. The van der Waals surface area contributed by atoms with Crippen molar-refractivity contribution in [2.45, 2.75) is 69.4 Å². The van der Waals surface area contributed by atoms with Gasteiger partial charge in [-0.25, -0.2) is 8.42 Å². The average Bonchev–Trinajstić information content (AvgIpc) is 2.54. The quantitative estimate of drug-likeness (QED) is 0.923. The van der Waals surface area contributed by atoms with Crippen LogP contribution >= 0.6 is 0 Å². The van der Waals surface area contributed by atoms with Crippen molar-refractivity contribution in [2.75, 3.05) is 6.54 Å². The Labute approximate surface area is 139 Å². The van der Waals surface area contributed by atoms with Crippen LogP contribution in [-0.2, 0) is 22.9 Å². The van der Waals surface area contributed by atoms with E-state index in [0.29, 0.717) is 17.4 Å². The van der Waals surface area contributed by atoms with Crippen molar-refractivity contribution in [2.24, 2.45) is 5.92 Å². The minimum atomic E-state index is -3.54. The van der Waals surface area contributed by atoms with Gasteiger partial charge in [0.1, 0.15) is 0 Å². The number of nitrogens with zero attached hydrogens (tertiary/aromatic N) is 1. The van der Waals surface area contributed by atoms with E-state index in [1.807, 2.05) is 12.1 Å². The molecular formula is C18H27NO3S. The van der Waals surface area contributed by atoms with Gasteiger partial charge in [-0.15, -0.1) is 0 Å². The van der Waals surface area contributed by atoms with Gasteiger partial charge >= 0.3 is 0 Å². The van der Waals surface area contributed by atoms with Crippen molar-refractivity contribution < 1.29 is 13.5 Å².